The lowest BCUT2D eigenvalue weighted by Gasteiger charge is -2.21. The van der Waals surface area contributed by atoms with Crippen molar-refractivity contribution in [1.29, 1.82) is 0 Å². The van der Waals surface area contributed by atoms with E-state index in [9.17, 15) is 14.4 Å². The SMILES string of the molecule is Cc1cccc(NC(=O)CN(C)C(=O)[C@@H]2CC[C@H](C(=O)O)O2)c1C. The first kappa shape index (κ1) is 17.9. The van der Waals surface area contributed by atoms with E-state index in [2.05, 4.69) is 5.32 Å². The zero-order valence-corrected chi connectivity index (χ0v) is 14.0. The van der Waals surface area contributed by atoms with Gasteiger partial charge in [0.1, 0.15) is 6.10 Å². The predicted molar refractivity (Wildman–Crippen MR) is 87.7 cm³/mol. The fraction of sp³-hybridized carbons (Fsp3) is 0.471. The molecule has 2 rings (SSSR count). The molecule has 130 valence electrons. The minimum absolute atomic E-state index is 0.121. The van der Waals surface area contributed by atoms with Crippen LogP contribution in [0.5, 0.6) is 0 Å². The maximum Gasteiger partial charge on any atom is 0.332 e. The molecule has 2 amide bonds. The maximum absolute atomic E-state index is 12.3. The quantitative estimate of drug-likeness (QED) is 0.847. The van der Waals surface area contributed by atoms with E-state index in [4.69, 9.17) is 9.84 Å². The third-order valence-electron chi connectivity index (χ3n) is 4.21. The Labute approximate surface area is 140 Å². The number of amides is 2. The van der Waals surface area contributed by atoms with Gasteiger partial charge in [-0.05, 0) is 43.9 Å². The van der Waals surface area contributed by atoms with Crippen molar-refractivity contribution < 1.29 is 24.2 Å². The summed E-state index contributed by atoms with van der Waals surface area (Å²) >= 11 is 0. The van der Waals surface area contributed by atoms with Crippen LogP contribution in [0.3, 0.4) is 0 Å². The summed E-state index contributed by atoms with van der Waals surface area (Å²) in [6, 6.07) is 5.61. The molecule has 0 aromatic heterocycles. The molecule has 2 N–H and O–H groups in total. The zero-order valence-electron chi connectivity index (χ0n) is 14.0. The van der Waals surface area contributed by atoms with E-state index in [1.54, 1.807) is 6.07 Å². The smallest absolute Gasteiger partial charge is 0.332 e. The van der Waals surface area contributed by atoms with Crippen molar-refractivity contribution in [3.63, 3.8) is 0 Å². The van der Waals surface area contributed by atoms with Crippen LogP contribution in [0, 0.1) is 13.8 Å². The summed E-state index contributed by atoms with van der Waals surface area (Å²) in [5.74, 6) is -1.76. The van der Waals surface area contributed by atoms with E-state index < -0.39 is 18.2 Å². The van der Waals surface area contributed by atoms with E-state index in [1.165, 1.54) is 11.9 Å². The summed E-state index contributed by atoms with van der Waals surface area (Å²) in [4.78, 5) is 36.5. The number of aryl methyl sites for hydroxylation is 1. The fourth-order valence-electron chi connectivity index (χ4n) is 2.62. The first-order valence-electron chi connectivity index (χ1n) is 7.79. The number of rotatable bonds is 5. The highest BCUT2D eigenvalue weighted by atomic mass is 16.5. The number of ether oxygens (including phenoxy) is 1. The van der Waals surface area contributed by atoms with Gasteiger partial charge in [0.2, 0.25) is 5.91 Å². The predicted octanol–water partition coefficient (Wildman–Crippen LogP) is 1.33. The van der Waals surface area contributed by atoms with Crippen LogP contribution in [0.1, 0.15) is 24.0 Å². The van der Waals surface area contributed by atoms with Crippen molar-refractivity contribution in [1.82, 2.24) is 4.90 Å². The molecular formula is C17H22N2O5. The molecule has 1 aliphatic rings. The summed E-state index contributed by atoms with van der Waals surface area (Å²) in [6.07, 6.45) is -1.10. The van der Waals surface area contributed by atoms with Gasteiger partial charge in [-0.15, -0.1) is 0 Å². The molecule has 0 bridgehead atoms. The van der Waals surface area contributed by atoms with Gasteiger partial charge in [0.15, 0.2) is 6.10 Å². The second kappa shape index (κ2) is 7.44. The Morgan fingerprint density at radius 2 is 1.92 bits per heavy atom. The van der Waals surface area contributed by atoms with Gasteiger partial charge in [-0.3, -0.25) is 9.59 Å². The number of carbonyl (C=O) groups is 3. The maximum atomic E-state index is 12.3. The standard InChI is InChI=1S/C17H22N2O5/c1-10-5-4-6-12(11(10)2)18-15(20)9-19(3)16(21)13-7-8-14(24-13)17(22)23/h4-6,13-14H,7-9H2,1-3H3,(H,18,20)(H,22,23)/t13-,14+/m0/s1. The van der Waals surface area contributed by atoms with Crippen LogP contribution >= 0.6 is 0 Å². The van der Waals surface area contributed by atoms with Crippen LogP contribution in [-0.2, 0) is 19.1 Å². The van der Waals surface area contributed by atoms with Crippen molar-refractivity contribution in [2.75, 3.05) is 18.9 Å². The van der Waals surface area contributed by atoms with Crippen molar-refractivity contribution in [2.45, 2.75) is 38.9 Å². The molecule has 0 saturated carbocycles. The van der Waals surface area contributed by atoms with Gasteiger partial charge in [-0.2, -0.15) is 0 Å². The number of likely N-dealkylation sites (N-methyl/N-ethyl adjacent to an activating group) is 1. The lowest BCUT2D eigenvalue weighted by Crippen LogP contribution is -2.41. The molecule has 1 saturated heterocycles. The van der Waals surface area contributed by atoms with Crippen molar-refractivity contribution >= 4 is 23.5 Å². The topological polar surface area (TPSA) is 95.9 Å². The summed E-state index contributed by atoms with van der Waals surface area (Å²) in [5.41, 5.74) is 2.75. The Morgan fingerprint density at radius 1 is 1.25 bits per heavy atom. The number of nitrogens with one attached hydrogen (secondary N) is 1. The fourth-order valence-corrected chi connectivity index (χ4v) is 2.62. The number of benzene rings is 1. The Bertz CT molecular complexity index is 658. The third kappa shape index (κ3) is 4.11. The van der Waals surface area contributed by atoms with Crippen LogP contribution in [0.2, 0.25) is 0 Å². The highest BCUT2D eigenvalue weighted by Gasteiger charge is 2.36. The Hall–Kier alpha value is -2.41. The highest BCUT2D eigenvalue weighted by molar-refractivity contribution is 5.95. The van der Waals surface area contributed by atoms with Gasteiger partial charge in [-0.1, -0.05) is 12.1 Å². The van der Waals surface area contributed by atoms with E-state index in [0.29, 0.717) is 18.5 Å². The van der Waals surface area contributed by atoms with Crippen molar-refractivity contribution in [3.05, 3.63) is 29.3 Å². The van der Waals surface area contributed by atoms with Gasteiger partial charge in [-0.25, -0.2) is 4.79 Å². The number of carbonyl (C=O) groups excluding carboxylic acids is 2. The lowest BCUT2D eigenvalue weighted by atomic mass is 10.1. The summed E-state index contributed by atoms with van der Waals surface area (Å²) in [6.45, 7) is 3.75. The van der Waals surface area contributed by atoms with E-state index in [1.807, 2.05) is 26.0 Å². The summed E-state index contributed by atoms with van der Waals surface area (Å²) in [5, 5.41) is 11.7. The number of carboxylic acids is 1. The molecular weight excluding hydrogens is 312 g/mol. The number of aliphatic carboxylic acids is 1. The number of anilines is 1. The van der Waals surface area contributed by atoms with Gasteiger partial charge in [0.25, 0.3) is 5.91 Å². The van der Waals surface area contributed by atoms with Crippen LogP contribution in [-0.4, -0.2) is 53.6 Å². The first-order valence-corrected chi connectivity index (χ1v) is 7.79. The average molecular weight is 334 g/mol. The molecule has 0 radical (unpaired) electrons. The Kier molecular flexibility index (Phi) is 5.56. The minimum atomic E-state index is -1.07. The van der Waals surface area contributed by atoms with E-state index in [0.717, 1.165) is 11.1 Å². The molecule has 0 unspecified atom stereocenters. The van der Waals surface area contributed by atoms with Crippen LogP contribution in [0.4, 0.5) is 5.69 Å². The molecule has 0 aliphatic carbocycles. The lowest BCUT2D eigenvalue weighted by molar-refractivity contribution is -0.154. The molecule has 0 spiro atoms. The number of hydrogen-bond acceptors (Lipinski definition) is 4. The molecule has 2 atom stereocenters. The van der Waals surface area contributed by atoms with Gasteiger partial charge in [0.05, 0.1) is 6.54 Å². The van der Waals surface area contributed by atoms with E-state index in [-0.39, 0.29) is 18.4 Å². The van der Waals surface area contributed by atoms with Crippen LogP contribution in [0.15, 0.2) is 18.2 Å². The summed E-state index contributed by atoms with van der Waals surface area (Å²) in [7, 11) is 1.50. The van der Waals surface area contributed by atoms with Crippen LogP contribution < -0.4 is 5.32 Å². The first-order chi connectivity index (χ1) is 11.3. The molecule has 7 nitrogen and oxygen atoms in total. The minimum Gasteiger partial charge on any atom is -0.479 e. The van der Waals surface area contributed by atoms with Crippen molar-refractivity contribution in [3.8, 4) is 0 Å². The molecule has 1 heterocycles. The normalized spacial score (nSPS) is 19.8. The monoisotopic (exact) mass is 334 g/mol. The number of nitrogens with zero attached hydrogens (tertiary/aromatic N) is 1. The second-order valence-corrected chi connectivity index (χ2v) is 6.02. The molecule has 7 heteroatoms. The molecule has 1 aromatic rings. The van der Waals surface area contributed by atoms with E-state index >= 15 is 0 Å². The number of hydrogen-bond donors (Lipinski definition) is 2. The summed E-state index contributed by atoms with van der Waals surface area (Å²) < 4.78 is 5.22. The Balaban J connectivity index is 1.90. The second-order valence-electron chi connectivity index (χ2n) is 6.02. The third-order valence-corrected chi connectivity index (χ3v) is 4.21. The largest absolute Gasteiger partial charge is 0.479 e. The van der Waals surface area contributed by atoms with Gasteiger partial charge < -0.3 is 20.1 Å². The molecule has 1 aromatic carbocycles. The van der Waals surface area contributed by atoms with Crippen molar-refractivity contribution in [2.24, 2.45) is 0 Å². The molecule has 1 aliphatic heterocycles. The Morgan fingerprint density at radius 3 is 2.54 bits per heavy atom. The molecule has 1 fully saturated rings. The average Bonchev–Trinajstić information content (AvgIpc) is 3.01. The van der Waals surface area contributed by atoms with Crippen LogP contribution in [0.25, 0.3) is 0 Å². The van der Waals surface area contributed by atoms with Gasteiger partial charge in [0, 0.05) is 12.7 Å². The zero-order chi connectivity index (χ0) is 17.9. The van der Waals surface area contributed by atoms with Gasteiger partial charge >= 0.3 is 5.97 Å². The highest BCUT2D eigenvalue weighted by Crippen LogP contribution is 2.21. The molecule has 24 heavy (non-hydrogen) atoms. The number of carboxylic acid groups (broad SMARTS) is 1.